The van der Waals surface area contributed by atoms with Gasteiger partial charge in [0.2, 0.25) is 0 Å². The van der Waals surface area contributed by atoms with Crippen molar-refractivity contribution in [2.75, 3.05) is 19.8 Å². The summed E-state index contributed by atoms with van der Waals surface area (Å²) in [5.74, 6) is 0. The van der Waals surface area contributed by atoms with Crippen LogP contribution < -0.4 is 0 Å². The average molecular weight is 280 g/mol. The zero-order chi connectivity index (χ0) is 14.9. The Morgan fingerprint density at radius 2 is 2.00 bits per heavy atom. The molecule has 0 saturated heterocycles. The fraction of sp³-hybridized carbons (Fsp3) is 0.176. The highest BCUT2D eigenvalue weighted by Crippen LogP contribution is 2.19. The fourth-order valence-corrected chi connectivity index (χ4v) is 1.93. The second-order valence-corrected chi connectivity index (χ2v) is 4.28. The quantitative estimate of drug-likeness (QED) is 0.338. The molecule has 0 atom stereocenters. The molecular weight excluding hydrogens is 264 g/mol. The Morgan fingerprint density at radius 1 is 1.19 bits per heavy atom. The molecule has 2 aromatic carbocycles. The SMILES string of the molecule is C=CCOCCO/N=C(\C#N)c1cccc2ccccc12. The summed E-state index contributed by atoms with van der Waals surface area (Å²) in [5.41, 5.74) is 1.03. The molecule has 0 aromatic heterocycles. The molecule has 4 heteroatoms. The number of hydrogen-bond acceptors (Lipinski definition) is 4. The Balaban J connectivity index is 2.13. The Bertz CT molecular complexity index is 681. The molecule has 106 valence electrons. The Hall–Kier alpha value is -2.64. The van der Waals surface area contributed by atoms with Gasteiger partial charge in [0.25, 0.3) is 0 Å². The molecule has 0 fully saturated rings. The van der Waals surface area contributed by atoms with Gasteiger partial charge in [-0.1, -0.05) is 53.7 Å². The van der Waals surface area contributed by atoms with Crippen molar-refractivity contribution in [3.63, 3.8) is 0 Å². The summed E-state index contributed by atoms with van der Waals surface area (Å²) in [7, 11) is 0. The molecule has 0 N–H and O–H groups in total. The molecule has 0 saturated carbocycles. The Labute approximate surface area is 123 Å². The van der Waals surface area contributed by atoms with Gasteiger partial charge in [-0.25, -0.2) is 0 Å². The summed E-state index contributed by atoms with van der Waals surface area (Å²) in [5, 5.41) is 15.2. The van der Waals surface area contributed by atoms with E-state index in [2.05, 4.69) is 17.8 Å². The second kappa shape index (κ2) is 7.83. The van der Waals surface area contributed by atoms with Crippen molar-refractivity contribution in [2.45, 2.75) is 0 Å². The number of nitriles is 1. The minimum Gasteiger partial charge on any atom is -0.392 e. The molecule has 0 bridgehead atoms. The highest BCUT2D eigenvalue weighted by molar-refractivity contribution is 6.18. The topological polar surface area (TPSA) is 54.6 Å². The Morgan fingerprint density at radius 3 is 2.81 bits per heavy atom. The van der Waals surface area contributed by atoms with E-state index in [1.54, 1.807) is 6.08 Å². The van der Waals surface area contributed by atoms with Crippen LogP contribution in [0.25, 0.3) is 10.8 Å². The van der Waals surface area contributed by atoms with E-state index in [0.717, 1.165) is 16.3 Å². The molecule has 4 nitrogen and oxygen atoms in total. The zero-order valence-corrected chi connectivity index (χ0v) is 11.7. The summed E-state index contributed by atoms with van der Waals surface area (Å²) in [6.45, 7) is 4.73. The number of fused-ring (bicyclic) bond motifs is 1. The third-order valence-corrected chi connectivity index (χ3v) is 2.86. The average Bonchev–Trinajstić information content (AvgIpc) is 2.54. The molecule has 0 aliphatic rings. The smallest absolute Gasteiger partial charge is 0.187 e. The first-order valence-corrected chi connectivity index (χ1v) is 6.63. The molecule has 21 heavy (non-hydrogen) atoms. The lowest BCUT2D eigenvalue weighted by atomic mass is 10.0. The summed E-state index contributed by atoms with van der Waals surface area (Å²) in [6.07, 6.45) is 1.67. The molecule has 0 unspecified atom stereocenters. The summed E-state index contributed by atoms with van der Waals surface area (Å²) in [4.78, 5) is 5.14. The van der Waals surface area contributed by atoms with Crippen LogP contribution in [0.5, 0.6) is 0 Å². The van der Waals surface area contributed by atoms with Crippen molar-refractivity contribution in [1.29, 1.82) is 5.26 Å². The highest BCUT2D eigenvalue weighted by atomic mass is 16.6. The van der Waals surface area contributed by atoms with Crippen LogP contribution in [-0.4, -0.2) is 25.5 Å². The molecule has 0 aliphatic carbocycles. The van der Waals surface area contributed by atoms with Crippen LogP contribution in [0.1, 0.15) is 5.56 Å². The number of oxime groups is 1. The lowest BCUT2D eigenvalue weighted by Crippen LogP contribution is -2.04. The van der Waals surface area contributed by atoms with Gasteiger partial charge in [-0.3, -0.25) is 0 Å². The first-order chi connectivity index (χ1) is 10.4. The number of hydrogen-bond donors (Lipinski definition) is 0. The van der Waals surface area contributed by atoms with Crippen molar-refractivity contribution < 1.29 is 9.57 Å². The van der Waals surface area contributed by atoms with Crippen LogP contribution in [0, 0.1) is 11.3 Å². The van der Waals surface area contributed by atoms with Gasteiger partial charge in [-0.2, -0.15) is 5.26 Å². The minimum absolute atomic E-state index is 0.260. The van der Waals surface area contributed by atoms with Gasteiger partial charge in [-0.05, 0) is 10.8 Å². The van der Waals surface area contributed by atoms with Crippen molar-refractivity contribution in [3.05, 3.63) is 60.7 Å². The van der Waals surface area contributed by atoms with E-state index in [9.17, 15) is 5.26 Å². The maximum absolute atomic E-state index is 9.27. The molecular formula is C17H16N2O2. The van der Waals surface area contributed by atoms with Gasteiger partial charge in [-0.15, -0.1) is 6.58 Å². The van der Waals surface area contributed by atoms with E-state index >= 15 is 0 Å². The van der Waals surface area contributed by atoms with Crippen molar-refractivity contribution >= 4 is 16.5 Å². The lowest BCUT2D eigenvalue weighted by molar-refractivity contribution is 0.0624. The summed E-state index contributed by atoms with van der Waals surface area (Å²) >= 11 is 0. The van der Waals surface area contributed by atoms with Crippen LogP contribution in [0.15, 0.2) is 60.3 Å². The van der Waals surface area contributed by atoms with Gasteiger partial charge in [0.05, 0.1) is 13.2 Å². The van der Waals surface area contributed by atoms with Crippen LogP contribution in [0.2, 0.25) is 0 Å². The standard InChI is InChI=1S/C17H16N2O2/c1-2-10-20-11-12-21-19-17(13-18)16-9-5-7-14-6-3-4-8-15(14)16/h2-9H,1,10-12H2/b19-17+. The number of ether oxygens (including phenoxy) is 1. The normalized spacial score (nSPS) is 11.1. The van der Waals surface area contributed by atoms with Crippen LogP contribution in [-0.2, 0) is 9.57 Å². The van der Waals surface area contributed by atoms with Crippen molar-refractivity contribution in [3.8, 4) is 6.07 Å². The first kappa shape index (κ1) is 14.8. The highest BCUT2D eigenvalue weighted by Gasteiger charge is 2.07. The monoisotopic (exact) mass is 280 g/mol. The Kier molecular flexibility index (Phi) is 5.50. The molecule has 0 spiro atoms. The molecule has 0 amide bonds. The van der Waals surface area contributed by atoms with E-state index in [4.69, 9.17) is 9.57 Å². The summed E-state index contributed by atoms with van der Waals surface area (Å²) < 4.78 is 5.18. The molecule has 0 radical (unpaired) electrons. The van der Waals surface area contributed by atoms with E-state index in [-0.39, 0.29) is 5.71 Å². The van der Waals surface area contributed by atoms with E-state index in [1.807, 2.05) is 42.5 Å². The maximum Gasteiger partial charge on any atom is 0.187 e. The third-order valence-electron chi connectivity index (χ3n) is 2.86. The molecule has 2 aromatic rings. The maximum atomic E-state index is 9.27. The predicted molar refractivity (Wildman–Crippen MR) is 83.1 cm³/mol. The minimum atomic E-state index is 0.260. The molecule has 0 aliphatic heterocycles. The van der Waals surface area contributed by atoms with Gasteiger partial charge in [0.15, 0.2) is 5.71 Å². The predicted octanol–water partition coefficient (Wildman–Crippen LogP) is 3.29. The number of rotatable bonds is 7. The number of benzene rings is 2. The van der Waals surface area contributed by atoms with E-state index in [1.165, 1.54) is 0 Å². The first-order valence-electron chi connectivity index (χ1n) is 6.63. The lowest BCUT2D eigenvalue weighted by Gasteiger charge is -2.05. The van der Waals surface area contributed by atoms with Crippen LogP contribution in [0.3, 0.4) is 0 Å². The largest absolute Gasteiger partial charge is 0.392 e. The van der Waals surface area contributed by atoms with E-state index in [0.29, 0.717) is 19.8 Å². The molecule has 2 rings (SSSR count). The van der Waals surface area contributed by atoms with Gasteiger partial charge >= 0.3 is 0 Å². The van der Waals surface area contributed by atoms with Gasteiger partial charge in [0.1, 0.15) is 12.7 Å². The van der Waals surface area contributed by atoms with Crippen molar-refractivity contribution in [1.82, 2.24) is 0 Å². The van der Waals surface area contributed by atoms with E-state index < -0.39 is 0 Å². The zero-order valence-electron chi connectivity index (χ0n) is 11.7. The number of nitrogens with zero attached hydrogens (tertiary/aromatic N) is 2. The fourth-order valence-electron chi connectivity index (χ4n) is 1.93. The summed E-state index contributed by atoms with van der Waals surface area (Å²) in [6, 6.07) is 15.7. The second-order valence-electron chi connectivity index (χ2n) is 4.28. The van der Waals surface area contributed by atoms with Crippen molar-refractivity contribution in [2.24, 2.45) is 5.16 Å². The van der Waals surface area contributed by atoms with Crippen LogP contribution >= 0.6 is 0 Å². The molecule has 0 heterocycles. The van der Waals surface area contributed by atoms with Gasteiger partial charge < -0.3 is 9.57 Å². The van der Waals surface area contributed by atoms with Gasteiger partial charge in [0, 0.05) is 5.56 Å². The van der Waals surface area contributed by atoms with Crippen LogP contribution in [0.4, 0.5) is 0 Å². The third kappa shape index (κ3) is 3.91.